The highest BCUT2D eigenvalue weighted by Gasteiger charge is 2.13. The lowest BCUT2D eigenvalue weighted by Crippen LogP contribution is -2.08. The molecule has 0 radical (unpaired) electrons. The quantitative estimate of drug-likeness (QED) is 0.449. The molecule has 0 N–H and O–H groups in total. The first-order valence-corrected chi connectivity index (χ1v) is 4.87. The van der Waals surface area contributed by atoms with Gasteiger partial charge < -0.3 is 19.2 Å². The number of aryl methyl sites for hydroxylation is 1. The SMILES string of the molecule is Cn1ccc(C(=O)Cn2cnc([N+](=O)[O-])c2)c1. The van der Waals surface area contributed by atoms with Gasteiger partial charge in [-0.2, -0.15) is 0 Å². The Bertz CT molecular complexity index is 570. The van der Waals surface area contributed by atoms with Crippen molar-refractivity contribution in [3.05, 3.63) is 46.7 Å². The standard InChI is InChI=1S/C10H10N4O3/c1-12-3-2-8(4-12)9(15)5-13-6-10(11-7-13)14(16)17/h2-4,6-7H,5H2,1H3. The Morgan fingerprint density at radius 1 is 1.53 bits per heavy atom. The van der Waals surface area contributed by atoms with Crippen molar-refractivity contribution in [3.8, 4) is 0 Å². The van der Waals surface area contributed by atoms with Gasteiger partial charge in [-0.25, -0.2) is 0 Å². The Kier molecular flexibility index (Phi) is 2.73. The lowest BCUT2D eigenvalue weighted by Gasteiger charge is -1.97. The van der Waals surface area contributed by atoms with Crippen molar-refractivity contribution in [2.45, 2.75) is 6.54 Å². The minimum absolute atomic E-state index is 0.0465. The molecule has 0 saturated heterocycles. The van der Waals surface area contributed by atoms with Gasteiger partial charge in [0.25, 0.3) is 0 Å². The maximum atomic E-state index is 11.8. The predicted octanol–water partition coefficient (Wildman–Crippen LogP) is 1.01. The van der Waals surface area contributed by atoms with Crippen LogP contribution >= 0.6 is 0 Å². The van der Waals surface area contributed by atoms with Crippen molar-refractivity contribution in [1.82, 2.24) is 14.1 Å². The number of nitrogens with zero attached hydrogens (tertiary/aromatic N) is 4. The van der Waals surface area contributed by atoms with Gasteiger partial charge in [-0.05, 0) is 16.0 Å². The van der Waals surface area contributed by atoms with E-state index in [4.69, 9.17) is 0 Å². The second-order valence-corrected chi connectivity index (χ2v) is 3.65. The lowest BCUT2D eigenvalue weighted by molar-refractivity contribution is -0.389. The van der Waals surface area contributed by atoms with E-state index in [1.807, 2.05) is 7.05 Å². The summed E-state index contributed by atoms with van der Waals surface area (Å²) >= 11 is 0. The van der Waals surface area contributed by atoms with Gasteiger partial charge in [0.15, 0.2) is 5.78 Å². The zero-order valence-electron chi connectivity index (χ0n) is 9.11. The number of nitro groups is 1. The third-order valence-electron chi connectivity index (χ3n) is 2.29. The van der Waals surface area contributed by atoms with Crippen molar-refractivity contribution in [3.63, 3.8) is 0 Å². The highest BCUT2D eigenvalue weighted by atomic mass is 16.6. The summed E-state index contributed by atoms with van der Waals surface area (Å²) in [6.07, 6.45) is 5.98. The van der Waals surface area contributed by atoms with Gasteiger partial charge in [0.2, 0.25) is 6.33 Å². The van der Waals surface area contributed by atoms with Crippen LogP contribution in [0.5, 0.6) is 0 Å². The smallest absolute Gasteiger partial charge is 0.358 e. The number of hydrogen-bond donors (Lipinski definition) is 0. The van der Waals surface area contributed by atoms with Crippen LogP contribution in [0.25, 0.3) is 0 Å². The molecule has 0 bridgehead atoms. The summed E-state index contributed by atoms with van der Waals surface area (Å²) in [5.41, 5.74) is 0.573. The Morgan fingerprint density at radius 2 is 2.29 bits per heavy atom. The Morgan fingerprint density at radius 3 is 2.82 bits per heavy atom. The van der Waals surface area contributed by atoms with E-state index in [1.54, 1.807) is 23.0 Å². The Hall–Kier alpha value is -2.44. The number of aromatic nitrogens is 3. The minimum atomic E-state index is -0.594. The van der Waals surface area contributed by atoms with Crippen LogP contribution in [0.1, 0.15) is 10.4 Å². The molecule has 88 valence electrons. The van der Waals surface area contributed by atoms with Gasteiger partial charge in [0, 0.05) is 25.0 Å². The summed E-state index contributed by atoms with van der Waals surface area (Å²) in [6, 6.07) is 1.70. The van der Waals surface area contributed by atoms with Crippen LogP contribution in [-0.4, -0.2) is 24.8 Å². The Balaban J connectivity index is 2.10. The first kappa shape index (κ1) is 11.1. The summed E-state index contributed by atoms with van der Waals surface area (Å²) in [7, 11) is 1.82. The summed E-state index contributed by atoms with van der Waals surface area (Å²) in [6.45, 7) is 0.0465. The molecule has 0 aliphatic carbocycles. The highest BCUT2D eigenvalue weighted by molar-refractivity contribution is 5.95. The Labute approximate surface area is 96.5 Å². The fourth-order valence-corrected chi connectivity index (χ4v) is 1.45. The number of imidazole rings is 1. The van der Waals surface area contributed by atoms with E-state index in [1.165, 1.54) is 17.1 Å². The van der Waals surface area contributed by atoms with Crippen LogP contribution < -0.4 is 0 Å². The molecule has 0 atom stereocenters. The van der Waals surface area contributed by atoms with E-state index in [0.717, 1.165) is 0 Å². The van der Waals surface area contributed by atoms with Crippen LogP contribution in [-0.2, 0) is 13.6 Å². The molecule has 0 spiro atoms. The summed E-state index contributed by atoms with van der Waals surface area (Å²) in [5, 5.41) is 10.4. The number of Topliss-reactive ketones (excluding diaryl/α,β-unsaturated/α-hetero) is 1. The van der Waals surface area contributed by atoms with Gasteiger partial charge in [-0.15, -0.1) is 0 Å². The zero-order valence-corrected chi connectivity index (χ0v) is 9.11. The van der Waals surface area contributed by atoms with Crippen LogP contribution in [0, 0.1) is 10.1 Å². The largest absolute Gasteiger partial charge is 0.381 e. The van der Waals surface area contributed by atoms with Crippen LogP contribution in [0.2, 0.25) is 0 Å². The molecule has 0 unspecified atom stereocenters. The van der Waals surface area contributed by atoms with Gasteiger partial charge >= 0.3 is 5.82 Å². The average Bonchev–Trinajstić information content (AvgIpc) is 2.86. The average molecular weight is 234 g/mol. The fraction of sp³-hybridized carbons (Fsp3) is 0.200. The molecule has 7 heteroatoms. The predicted molar refractivity (Wildman–Crippen MR) is 58.6 cm³/mol. The first-order valence-electron chi connectivity index (χ1n) is 4.87. The number of carbonyl (C=O) groups is 1. The third-order valence-corrected chi connectivity index (χ3v) is 2.29. The maximum Gasteiger partial charge on any atom is 0.381 e. The van der Waals surface area contributed by atoms with E-state index >= 15 is 0 Å². The second-order valence-electron chi connectivity index (χ2n) is 3.65. The molecule has 2 rings (SSSR count). The van der Waals surface area contributed by atoms with Crippen molar-refractivity contribution >= 4 is 11.6 Å². The molecule has 2 aromatic rings. The normalized spacial score (nSPS) is 10.4. The molecule has 17 heavy (non-hydrogen) atoms. The monoisotopic (exact) mass is 234 g/mol. The third kappa shape index (κ3) is 2.39. The molecule has 0 aromatic carbocycles. The molecule has 2 aromatic heterocycles. The fourth-order valence-electron chi connectivity index (χ4n) is 1.45. The van der Waals surface area contributed by atoms with Crippen molar-refractivity contribution in [1.29, 1.82) is 0 Å². The second kappa shape index (κ2) is 4.20. The number of hydrogen-bond acceptors (Lipinski definition) is 4. The maximum absolute atomic E-state index is 11.8. The van der Waals surface area contributed by atoms with Crippen LogP contribution in [0.3, 0.4) is 0 Å². The van der Waals surface area contributed by atoms with E-state index in [2.05, 4.69) is 4.98 Å². The molecule has 0 amide bonds. The number of rotatable bonds is 4. The van der Waals surface area contributed by atoms with Crippen LogP contribution in [0.4, 0.5) is 5.82 Å². The number of ketones is 1. The molecule has 2 heterocycles. The van der Waals surface area contributed by atoms with Gasteiger partial charge in [0.1, 0.15) is 6.20 Å². The minimum Gasteiger partial charge on any atom is -0.358 e. The van der Waals surface area contributed by atoms with Crippen molar-refractivity contribution in [2.75, 3.05) is 0 Å². The zero-order chi connectivity index (χ0) is 12.4. The van der Waals surface area contributed by atoms with Crippen LogP contribution in [0.15, 0.2) is 31.0 Å². The van der Waals surface area contributed by atoms with E-state index < -0.39 is 4.92 Å². The van der Waals surface area contributed by atoms with E-state index in [0.29, 0.717) is 5.56 Å². The lowest BCUT2D eigenvalue weighted by atomic mass is 10.2. The van der Waals surface area contributed by atoms with E-state index in [-0.39, 0.29) is 18.1 Å². The molecule has 0 aliphatic heterocycles. The summed E-state index contributed by atoms with van der Waals surface area (Å²) in [4.78, 5) is 25.2. The highest BCUT2D eigenvalue weighted by Crippen LogP contribution is 2.08. The molecular weight excluding hydrogens is 224 g/mol. The molecule has 0 fully saturated rings. The van der Waals surface area contributed by atoms with Crippen molar-refractivity contribution in [2.24, 2.45) is 7.05 Å². The van der Waals surface area contributed by atoms with Gasteiger partial charge in [-0.3, -0.25) is 4.79 Å². The van der Waals surface area contributed by atoms with Gasteiger partial charge in [-0.1, -0.05) is 0 Å². The molecule has 7 nitrogen and oxygen atoms in total. The van der Waals surface area contributed by atoms with E-state index in [9.17, 15) is 14.9 Å². The topological polar surface area (TPSA) is 83.0 Å². The molecule has 0 saturated carbocycles. The number of carbonyl (C=O) groups excluding carboxylic acids is 1. The first-order chi connectivity index (χ1) is 8.06. The van der Waals surface area contributed by atoms with Crippen molar-refractivity contribution < 1.29 is 9.72 Å². The summed E-state index contributed by atoms with van der Waals surface area (Å²) < 4.78 is 3.16. The molecule has 0 aliphatic rings. The molecular formula is C10H10N4O3. The summed E-state index contributed by atoms with van der Waals surface area (Å²) in [5.74, 6) is -0.372. The van der Waals surface area contributed by atoms with Gasteiger partial charge in [0.05, 0.1) is 6.54 Å².